The van der Waals surface area contributed by atoms with E-state index in [9.17, 15) is 9.59 Å². The van der Waals surface area contributed by atoms with Crippen molar-refractivity contribution in [3.8, 4) is 11.5 Å². The first-order valence-electron chi connectivity index (χ1n) is 9.60. The molecule has 2 N–H and O–H groups in total. The third-order valence-corrected chi connectivity index (χ3v) is 4.48. The maximum absolute atomic E-state index is 12.5. The Morgan fingerprint density at radius 3 is 2.19 bits per heavy atom. The highest BCUT2D eigenvalue weighted by Gasteiger charge is 2.11. The summed E-state index contributed by atoms with van der Waals surface area (Å²) >= 11 is 0. The summed E-state index contributed by atoms with van der Waals surface area (Å²) in [6.07, 6.45) is 2.27. The molecule has 3 rings (SSSR count). The number of carbonyl (C=O) groups excluding carboxylic acids is 2. The third-order valence-electron chi connectivity index (χ3n) is 4.48. The van der Waals surface area contributed by atoms with E-state index in [-0.39, 0.29) is 11.8 Å². The number of ether oxygens (including phenoxy) is 2. The first-order chi connectivity index (χ1) is 15.1. The molecule has 0 aliphatic rings. The monoisotopic (exact) mass is 417 g/mol. The van der Waals surface area contributed by atoms with Crippen LogP contribution in [0.2, 0.25) is 0 Å². The summed E-state index contributed by atoms with van der Waals surface area (Å²) in [5, 5.41) is 6.75. The minimum absolute atomic E-state index is 0.302. The van der Waals surface area contributed by atoms with Crippen molar-refractivity contribution in [3.63, 3.8) is 0 Å². The van der Waals surface area contributed by atoms with Gasteiger partial charge in [0, 0.05) is 29.4 Å². The van der Waals surface area contributed by atoms with E-state index >= 15 is 0 Å². The number of benzene rings is 3. The second-order valence-corrected chi connectivity index (χ2v) is 6.54. The van der Waals surface area contributed by atoms with Crippen LogP contribution in [0.5, 0.6) is 11.5 Å². The summed E-state index contributed by atoms with van der Waals surface area (Å²) < 4.78 is 10.4. The Kier molecular flexibility index (Phi) is 7.37. The number of amides is 2. The van der Waals surface area contributed by atoms with Crippen molar-refractivity contribution in [2.75, 3.05) is 19.5 Å². The summed E-state index contributed by atoms with van der Waals surface area (Å²) in [5.41, 5.74) is 5.02. The van der Waals surface area contributed by atoms with Gasteiger partial charge in [-0.05, 0) is 48.0 Å². The standard InChI is InChI=1S/C24H23N3O4/c1-30-21-13-10-19(16-22(21)31-2)23(28)26-20-11-8-18(9-12-20)24(29)27-25-15-14-17-6-4-3-5-7-17/h3-13,15-16H,14H2,1-2H3,(H,26,28)(H,27,29)/b25-15-. The summed E-state index contributed by atoms with van der Waals surface area (Å²) in [4.78, 5) is 24.7. The number of rotatable bonds is 8. The van der Waals surface area contributed by atoms with Gasteiger partial charge in [0.15, 0.2) is 11.5 Å². The Hall–Kier alpha value is -4.13. The minimum atomic E-state index is -0.331. The third kappa shape index (κ3) is 5.93. The zero-order chi connectivity index (χ0) is 22.1. The molecule has 0 aliphatic carbocycles. The number of nitrogens with zero attached hydrogens (tertiary/aromatic N) is 1. The van der Waals surface area contributed by atoms with E-state index in [1.807, 2.05) is 30.3 Å². The van der Waals surface area contributed by atoms with E-state index in [2.05, 4.69) is 15.8 Å². The second kappa shape index (κ2) is 10.6. The number of methoxy groups -OCH3 is 2. The van der Waals surface area contributed by atoms with Gasteiger partial charge in [-0.2, -0.15) is 5.10 Å². The fourth-order valence-corrected chi connectivity index (χ4v) is 2.82. The fraction of sp³-hybridized carbons (Fsp3) is 0.125. The number of anilines is 1. The Labute approximate surface area is 180 Å². The van der Waals surface area contributed by atoms with E-state index in [1.165, 1.54) is 14.2 Å². The zero-order valence-electron chi connectivity index (χ0n) is 17.3. The molecular formula is C24H23N3O4. The largest absolute Gasteiger partial charge is 0.493 e. The van der Waals surface area contributed by atoms with Gasteiger partial charge in [0.2, 0.25) is 0 Å². The lowest BCUT2D eigenvalue weighted by Crippen LogP contribution is -2.18. The Morgan fingerprint density at radius 2 is 1.52 bits per heavy atom. The minimum Gasteiger partial charge on any atom is -0.493 e. The van der Waals surface area contributed by atoms with Gasteiger partial charge in [-0.15, -0.1) is 0 Å². The van der Waals surface area contributed by atoms with Gasteiger partial charge in [0.25, 0.3) is 11.8 Å². The lowest BCUT2D eigenvalue weighted by molar-refractivity contribution is 0.0954. The Balaban J connectivity index is 1.55. The molecule has 0 bridgehead atoms. The van der Waals surface area contributed by atoms with Crippen molar-refractivity contribution < 1.29 is 19.1 Å². The maximum Gasteiger partial charge on any atom is 0.271 e. The van der Waals surface area contributed by atoms with E-state index in [0.717, 1.165) is 5.56 Å². The van der Waals surface area contributed by atoms with Crippen molar-refractivity contribution in [3.05, 3.63) is 89.5 Å². The molecule has 3 aromatic rings. The van der Waals surface area contributed by atoms with Crippen LogP contribution in [-0.2, 0) is 6.42 Å². The van der Waals surface area contributed by atoms with Crippen molar-refractivity contribution in [1.82, 2.24) is 5.43 Å². The molecule has 158 valence electrons. The predicted molar refractivity (Wildman–Crippen MR) is 120 cm³/mol. The van der Waals surface area contributed by atoms with Crippen LogP contribution < -0.4 is 20.2 Å². The molecular weight excluding hydrogens is 394 g/mol. The molecule has 0 heterocycles. The summed E-state index contributed by atoms with van der Waals surface area (Å²) in [6.45, 7) is 0. The van der Waals surface area contributed by atoms with Gasteiger partial charge in [0.1, 0.15) is 0 Å². The van der Waals surface area contributed by atoms with Crippen molar-refractivity contribution >= 4 is 23.7 Å². The van der Waals surface area contributed by atoms with Crippen LogP contribution in [0.4, 0.5) is 5.69 Å². The van der Waals surface area contributed by atoms with Crippen LogP contribution in [-0.4, -0.2) is 32.2 Å². The lowest BCUT2D eigenvalue weighted by Gasteiger charge is -2.10. The van der Waals surface area contributed by atoms with Gasteiger partial charge in [0.05, 0.1) is 14.2 Å². The predicted octanol–water partition coefficient (Wildman–Crippen LogP) is 3.91. The number of hydrazone groups is 1. The van der Waals surface area contributed by atoms with Crippen LogP contribution in [0.15, 0.2) is 77.9 Å². The topological polar surface area (TPSA) is 89.0 Å². The van der Waals surface area contributed by atoms with Crippen molar-refractivity contribution in [1.29, 1.82) is 0 Å². The van der Waals surface area contributed by atoms with Gasteiger partial charge < -0.3 is 14.8 Å². The first kappa shape index (κ1) is 21.6. The van der Waals surface area contributed by atoms with Crippen LogP contribution >= 0.6 is 0 Å². The van der Waals surface area contributed by atoms with Crippen molar-refractivity contribution in [2.45, 2.75) is 6.42 Å². The lowest BCUT2D eigenvalue weighted by atomic mass is 10.1. The molecule has 7 heteroatoms. The molecule has 0 spiro atoms. The molecule has 2 amide bonds. The highest BCUT2D eigenvalue weighted by Crippen LogP contribution is 2.27. The zero-order valence-corrected chi connectivity index (χ0v) is 17.3. The highest BCUT2D eigenvalue weighted by atomic mass is 16.5. The van der Waals surface area contributed by atoms with E-state index in [4.69, 9.17) is 9.47 Å². The molecule has 0 aromatic heterocycles. The quantitative estimate of drug-likeness (QED) is 0.430. The van der Waals surface area contributed by atoms with E-state index in [1.54, 1.807) is 48.7 Å². The van der Waals surface area contributed by atoms with Crippen LogP contribution in [0.3, 0.4) is 0 Å². The fourth-order valence-electron chi connectivity index (χ4n) is 2.82. The van der Waals surface area contributed by atoms with Gasteiger partial charge in [-0.1, -0.05) is 30.3 Å². The van der Waals surface area contributed by atoms with Gasteiger partial charge in [-0.3, -0.25) is 9.59 Å². The SMILES string of the molecule is COc1ccc(C(=O)Nc2ccc(C(=O)N/N=C\Cc3ccccc3)cc2)cc1OC. The molecule has 0 fully saturated rings. The summed E-state index contributed by atoms with van der Waals surface area (Å²) in [5.74, 6) is 0.376. The number of hydrogen-bond donors (Lipinski definition) is 2. The molecule has 0 atom stereocenters. The number of nitrogens with one attached hydrogen (secondary N) is 2. The summed E-state index contributed by atoms with van der Waals surface area (Å²) in [7, 11) is 3.04. The van der Waals surface area contributed by atoms with Crippen LogP contribution in [0, 0.1) is 0 Å². The molecule has 31 heavy (non-hydrogen) atoms. The Bertz CT molecular complexity index is 1060. The van der Waals surface area contributed by atoms with E-state index in [0.29, 0.717) is 34.7 Å². The van der Waals surface area contributed by atoms with Crippen LogP contribution in [0.25, 0.3) is 0 Å². The average molecular weight is 417 g/mol. The molecule has 0 aliphatic heterocycles. The smallest absolute Gasteiger partial charge is 0.271 e. The second-order valence-electron chi connectivity index (χ2n) is 6.54. The first-order valence-corrected chi connectivity index (χ1v) is 9.60. The Morgan fingerprint density at radius 1 is 0.839 bits per heavy atom. The van der Waals surface area contributed by atoms with Crippen molar-refractivity contribution in [2.24, 2.45) is 5.10 Å². The molecule has 0 saturated carbocycles. The molecule has 0 unspecified atom stereocenters. The number of hydrogen-bond acceptors (Lipinski definition) is 5. The average Bonchev–Trinajstić information content (AvgIpc) is 2.82. The van der Waals surface area contributed by atoms with Gasteiger partial charge >= 0.3 is 0 Å². The molecule has 3 aromatic carbocycles. The highest BCUT2D eigenvalue weighted by molar-refractivity contribution is 6.05. The normalized spacial score (nSPS) is 10.5. The maximum atomic E-state index is 12.5. The molecule has 7 nitrogen and oxygen atoms in total. The van der Waals surface area contributed by atoms with Crippen LogP contribution in [0.1, 0.15) is 26.3 Å². The summed E-state index contributed by atoms with van der Waals surface area (Å²) in [6, 6.07) is 21.3. The van der Waals surface area contributed by atoms with E-state index < -0.39 is 0 Å². The molecule has 0 saturated heterocycles. The number of carbonyl (C=O) groups is 2. The van der Waals surface area contributed by atoms with Gasteiger partial charge in [-0.25, -0.2) is 5.43 Å². The molecule has 0 radical (unpaired) electrons.